The Morgan fingerprint density at radius 2 is 2.20 bits per heavy atom. The Morgan fingerprint density at radius 1 is 1.35 bits per heavy atom. The number of rotatable bonds is 5. The summed E-state index contributed by atoms with van der Waals surface area (Å²) in [7, 11) is 0. The van der Waals surface area contributed by atoms with E-state index in [-0.39, 0.29) is 0 Å². The highest BCUT2D eigenvalue weighted by Crippen LogP contribution is 2.19. The van der Waals surface area contributed by atoms with Crippen LogP contribution in [0.3, 0.4) is 0 Å². The lowest BCUT2D eigenvalue weighted by Crippen LogP contribution is -2.34. The number of para-hydroxylation sites is 1. The van der Waals surface area contributed by atoms with Crippen LogP contribution >= 0.6 is 0 Å². The molecule has 1 unspecified atom stereocenters. The van der Waals surface area contributed by atoms with Crippen molar-refractivity contribution in [1.82, 2.24) is 20.5 Å². The van der Waals surface area contributed by atoms with Crippen molar-refractivity contribution in [2.75, 3.05) is 30.3 Å². The minimum absolute atomic E-state index is 0.316. The Kier molecular flexibility index (Phi) is 3.83. The SMILES string of the molecule is Nc1n[nH]c(CCNC2CCN(c3ccccc3)C2)n1. The molecule has 1 aliphatic rings. The molecule has 106 valence electrons. The van der Waals surface area contributed by atoms with Crippen molar-refractivity contribution in [2.45, 2.75) is 18.9 Å². The largest absolute Gasteiger partial charge is 0.370 e. The molecule has 0 bridgehead atoms. The van der Waals surface area contributed by atoms with Crippen LogP contribution in [0, 0.1) is 0 Å². The summed E-state index contributed by atoms with van der Waals surface area (Å²) in [5, 5.41) is 10.2. The number of hydrogen-bond acceptors (Lipinski definition) is 5. The standard InChI is InChI=1S/C14H20N6/c15-14-17-13(18-19-14)6-8-16-11-7-9-20(10-11)12-4-2-1-3-5-12/h1-5,11,16H,6-10H2,(H3,15,17,18,19). The fourth-order valence-electron chi connectivity index (χ4n) is 2.62. The minimum atomic E-state index is 0.316. The first-order chi connectivity index (χ1) is 9.81. The fraction of sp³-hybridized carbons (Fsp3) is 0.429. The van der Waals surface area contributed by atoms with Crippen LogP contribution in [-0.2, 0) is 6.42 Å². The zero-order valence-electron chi connectivity index (χ0n) is 11.4. The van der Waals surface area contributed by atoms with Crippen LogP contribution in [0.1, 0.15) is 12.2 Å². The second-order valence-corrected chi connectivity index (χ2v) is 5.11. The lowest BCUT2D eigenvalue weighted by molar-refractivity contribution is 0.549. The molecule has 6 heteroatoms. The normalized spacial score (nSPS) is 18.6. The molecule has 2 aromatic rings. The Labute approximate surface area is 118 Å². The second-order valence-electron chi connectivity index (χ2n) is 5.11. The Bertz CT molecular complexity index is 538. The van der Waals surface area contributed by atoms with Gasteiger partial charge in [-0.1, -0.05) is 18.2 Å². The van der Waals surface area contributed by atoms with Gasteiger partial charge in [0.25, 0.3) is 0 Å². The Morgan fingerprint density at radius 3 is 2.95 bits per heavy atom. The van der Waals surface area contributed by atoms with E-state index in [0.29, 0.717) is 12.0 Å². The molecule has 20 heavy (non-hydrogen) atoms. The molecule has 4 N–H and O–H groups in total. The quantitative estimate of drug-likeness (QED) is 0.750. The van der Waals surface area contributed by atoms with Crippen molar-refractivity contribution in [1.29, 1.82) is 0 Å². The maximum atomic E-state index is 5.47. The highest BCUT2D eigenvalue weighted by molar-refractivity contribution is 5.47. The number of anilines is 2. The fourth-order valence-corrected chi connectivity index (χ4v) is 2.62. The van der Waals surface area contributed by atoms with Gasteiger partial charge < -0.3 is 16.0 Å². The van der Waals surface area contributed by atoms with Gasteiger partial charge in [-0.2, -0.15) is 4.98 Å². The molecule has 1 aliphatic heterocycles. The van der Waals surface area contributed by atoms with Gasteiger partial charge in [-0.15, -0.1) is 5.10 Å². The van der Waals surface area contributed by atoms with E-state index in [0.717, 1.165) is 31.9 Å². The number of nitrogens with two attached hydrogens (primary N) is 1. The topological polar surface area (TPSA) is 82.9 Å². The number of hydrogen-bond donors (Lipinski definition) is 3. The van der Waals surface area contributed by atoms with Crippen LogP contribution in [-0.4, -0.2) is 40.9 Å². The van der Waals surface area contributed by atoms with E-state index in [4.69, 9.17) is 5.73 Å². The molecule has 0 amide bonds. The van der Waals surface area contributed by atoms with Crippen molar-refractivity contribution < 1.29 is 0 Å². The molecular weight excluding hydrogens is 252 g/mol. The third kappa shape index (κ3) is 3.08. The van der Waals surface area contributed by atoms with Crippen LogP contribution in [0.15, 0.2) is 30.3 Å². The first-order valence-electron chi connectivity index (χ1n) is 7.01. The molecule has 1 aromatic carbocycles. The molecule has 0 spiro atoms. The first-order valence-corrected chi connectivity index (χ1v) is 7.01. The average molecular weight is 272 g/mol. The van der Waals surface area contributed by atoms with Gasteiger partial charge in [-0.25, -0.2) is 0 Å². The van der Waals surface area contributed by atoms with Crippen molar-refractivity contribution in [3.05, 3.63) is 36.2 Å². The highest BCUT2D eigenvalue weighted by Gasteiger charge is 2.21. The Balaban J connectivity index is 1.44. The van der Waals surface area contributed by atoms with Gasteiger partial charge in [0.05, 0.1) is 0 Å². The van der Waals surface area contributed by atoms with Gasteiger partial charge in [0.1, 0.15) is 5.82 Å². The summed E-state index contributed by atoms with van der Waals surface area (Å²) in [6.45, 7) is 3.06. The van der Waals surface area contributed by atoms with E-state index in [1.165, 1.54) is 12.1 Å². The smallest absolute Gasteiger partial charge is 0.239 e. The predicted molar refractivity (Wildman–Crippen MR) is 79.6 cm³/mol. The number of nitrogen functional groups attached to an aromatic ring is 1. The summed E-state index contributed by atoms with van der Waals surface area (Å²) in [5.74, 6) is 1.16. The van der Waals surface area contributed by atoms with Gasteiger partial charge in [0.15, 0.2) is 0 Å². The summed E-state index contributed by atoms with van der Waals surface area (Å²) in [4.78, 5) is 6.52. The van der Waals surface area contributed by atoms with Crippen molar-refractivity contribution in [3.8, 4) is 0 Å². The van der Waals surface area contributed by atoms with Crippen LogP contribution in [0.4, 0.5) is 11.6 Å². The zero-order chi connectivity index (χ0) is 13.8. The van der Waals surface area contributed by atoms with Crippen LogP contribution in [0.2, 0.25) is 0 Å². The molecule has 1 aromatic heterocycles. The van der Waals surface area contributed by atoms with E-state index < -0.39 is 0 Å². The lowest BCUT2D eigenvalue weighted by atomic mass is 10.2. The molecule has 0 radical (unpaired) electrons. The van der Waals surface area contributed by atoms with Gasteiger partial charge >= 0.3 is 0 Å². The number of benzene rings is 1. The van der Waals surface area contributed by atoms with E-state index in [9.17, 15) is 0 Å². The van der Waals surface area contributed by atoms with Gasteiger partial charge in [0, 0.05) is 37.8 Å². The molecule has 2 heterocycles. The summed E-state index contributed by atoms with van der Waals surface area (Å²) in [6.07, 6.45) is 2.00. The number of H-pyrrole nitrogens is 1. The maximum absolute atomic E-state index is 5.47. The second kappa shape index (κ2) is 5.92. The van der Waals surface area contributed by atoms with Crippen molar-refractivity contribution >= 4 is 11.6 Å². The van der Waals surface area contributed by atoms with E-state index in [2.05, 4.69) is 55.7 Å². The molecule has 1 atom stereocenters. The van der Waals surface area contributed by atoms with Crippen molar-refractivity contribution in [3.63, 3.8) is 0 Å². The third-order valence-corrected chi connectivity index (χ3v) is 3.65. The molecular formula is C14H20N6. The third-order valence-electron chi connectivity index (χ3n) is 3.65. The number of aromatic amines is 1. The molecule has 0 saturated carbocycles. The van der Waals surface area contributed by atoms with Gasteiger partial charge in [0.2, 0.25) is 5.95 Å². The molecule has 3 rings (SSSR count). The lowest BCUT2D eigenvalue weighted by Gasteiger charge is -2.18. The van der Waals surface area contributed by atoms with Crippen LogP contribution in [0.25, 0.3) is 0 Å². The summed E-state index contributed by atoms with van der Waals surface area (Å²) in [5.41, 5.74) is 6.78. The highest BCUT2D eigenvalue weighted by atomic mass is 15.3. The van der Waals surface area contributed by atoms with E-state index in [1.54, 1.807) is 0 Å². The summed E-state index contributed by atoms with van der Waals surface area (Å²) >= 11 is 0. The number of nitrogens with zero attached hydrogens (tertiary/aromatic N) is 3. The zero-order valence-corrected chi connectivity index (χ0v) is 11.4. The van der Waals surface area contributed by atoms with Crippen molar-refractivity contribution in [2.24, 2.45) is 0 Å². The van der Waals surface area contributed by atoms with Gasteiger partial charge in [-0.3, -0.25) is 5.10 Å². The summed E-state index contributed by atoms with van der Waals surface area (Å²) in [6, 6.07) is 11.1. The first kappa shape index (κ1) is 12.9. The van der Waals surface area contributed by atoms with Gasteiger partial charge in [-0.05, 0) is 18.6 Å². The monoisotopic (exact) mass is 272 g/mol. The maximum Gasteiger partial charge on any atom is 0.239 e. The minimum Gasteiger partial charge on any atom is -0.370 e. The number of nitrogens with one attached hydrogen (secondary N) is 2. The predicted octanol–water partition coefficient (Wildman–Crippen LogP) is 0.798. The molecule has 1 fully saturated rings. The molecule has 0 aliphatic carbocycles. The van der Waals surface area contributed by atoms with E-state index >= 15 is 0 Å². The van der Waals surface area contributed by atoms with Crippen LogP contribution in [0.5, 0.6) is 0 Å². The van der Waals surface area contributed by atoms with Crippen LogP contribution < -0.4 is 16.0 Å². The molecule has 1 saturated heterocycles. The average Bonchev–Trinajstić information content (AvgIpc) is 3.09. The number of aromatic nitrogens is 3. The molecule has 6 nitrogen and oxygen atoms in total. The van der Waals surface area contributed by atoms with E-state index in [1.807, 2.05) is 0 Å². The summed E-state index contributed by atoms with van der Waals surface area (Å²) < 4.78 is 0. The Hall–Kier alpha value is -2.08.